The molecule has 3 aromatic carbocycles. The number of nitrogens with zero attached hydrogens (tertiary/aromatic N) is 3. The number of phenols is 1. The van der Waals surface area contributed by atoms with Crippen molar-refractivity contribution in [1.82, 2.24) is 15.0 Å². The van der Waals surface area contributed by atoms with Gasteiger partial charge in [-0.15, -0.1) is 15.0 Å². The van der Waals surface area contributed by atoms with E-state index in [1.54, 1.807) is 36.4 Å². The van der Waals surface area contributed by atoms with Crippen LogP contribution in [-0.4, -0.2) is 56.0 Å². The monoisotopic (exact) mass is 623 g/mol. The molecule has 0 fully saturated rings. The largest absolute Gasteiger partial charge is 0.505 e. The maximum absolute atomic E-state index is 13.2. The molecule has 0 amide bonds. The van der Waals surface area contributed by atoms with Gasteiger partial charge in [-0.3, -0.25) is 4.79 Å². The maximum Gasteiger partial charge on any atom is 0.305 e. The Morgan fingerprint density at radius 1 is 0.977 bits per heavy atom. The summed E-state index contributed by atoms with van der Waals surface area (Å²) in [7, 11) is -5.57. The minimum Gasteiger partial charge on any atom is -0.505 e. The highest BCUT2D eigenvalue weighted by molar-refractivity contribution is 7.91. The van der Waals surface area contributed by atoms with Gasteiger partial charge in [-0.05, 0) is 86.3 Å². The molecular formula is C32H41N3O6SSi. The Labute approximate surface area is 254 Å². The van der Waals surface area contributed by atoms with E-state index in [1.165, 1.54) is 16.9 Å². The predicted molar refractivity (Wildman–Crippen MR) is 169 cm³/mol. The summed E-state index contributed by atoms with van der Waals surface area (Å²) in [5.41, 5.74) is 2.58. The average molecular weight is 624 g/mol. The SMILES string of the molecule is CCO[Si](C)(C)CCC(=O)OCCCc1cc(-n2nc3ccc(S(=O)(=O)c4ccccc4)cc3n2)c(O)c(C(C)(C)C)c1. The number of rotatable bonds is 12. The van der Waals surface area contributed by atoms with Crippen molar-refractivity contribution < 1.29 is 27.5 Å². The van der Waals surface area contributed by atoms with Gasteiger partial charge in [0.25, 0.3) is 0 Å². The van der Waals surface area contributed by atoms with Crippen molar-refractivity contribution in [2.45, 2.75) is 81.3 Å². The Morgan fingerprint density at radius 2 is 1.67 bits per heavy atom. The van der Waals surface area contributed by atoms with Crippen molar-refractivity contribution in [3.63, 3.8) is 0 Å². The molecule has 0 aliphatic heterocycles. The molecule has 0 atom stereocenters. The van der Waals surface area contributed by atoms with Crippen LogP contribution in [-0.2, 0) is 35.6 Å². The first-order chi connectivity index (χ1) is 20.2. The fourth-order valence-corrected chi connectivity index (χ4v) is 7.88. The Hall–Kier alpha value is -3.54. The quantitative estimate of drug-likeness (QED) is 0.110. The van der Waals surface area contributed by atoms with Gasteiger partial charge in [0.2, 0.25) is 9.84 Å². The van der Waals surface area contributed by atoms with E-state index in [0.717, 1.165) is 17.2 Å². The lowest BCUT2D eigenvalue weighted by Gasteiger charge is -2.23. The number of carbonyl (C=O) groups is 1. The lowest BCUT2D eigenvalue weighted by atomic mass is 9.84. The second-order valence-corrected chi connectivity index (χ2v) is 18.5. The van der Waals surface area contributed by atoms with Crippen LogP contribution < -0.4 is 0 Å². The van der Waals surface area contributed by atoms with E-state index in [2.05, 4.69) is 23.3 Å². The number of aryl methyl sites for hydroxylation is 1. The predicted octanol–water partition coefficient (Wildman–Crippen LogP) is 6.36. The maximum atomic E-state index is 13.2. The zero-order valence-electron chi connectivity index (χ0n) is 25.8. The number of aromatic nitrogens is 3. The van der Waals surface area contributed by atoms with Crippen molar-refractivity contribution in [3.8, 4) is 11.4 Å². The molecule has 43 heavy (non-hydrogen) atoms. The van der Waals surface area contributed by atoms with Crippen LogP contribution in [0.1, 0.15) is 51.7 Å². The summed E-state index contributed by atoms with van der Waals surface area (Å²) in [6, 6.07) is 17.4. The second-order valence-electron chi connectivity index (χ2n) is 12.2. The fraction of sp³-hybridized carbons (Fsp3) is 0.406. The zero-order chi connectivity index (χ0) is 31.4. The molecule has 1 heterocycles. The number of ether oxygens (including phenoxy) is 1. The number of hydrogen-bond acceptors (Lipinski definition) is 8. The molecule has 0 aliphatic carbocycles. The number of benzene rings is 3. The molecule has 0 saturated heterocycles. The third-order valence-corrected chi connectivity index (χ3v) is 11.5. The lowest BCUT2D eigenvalue weighted by Crippen LogP contribution is -2.31. The summed E-state index contributed by atoms with van der Waals surface area (Å²) < 4.78 is 37.6. The van der Waals surface area contributed by atoms with Crippen LogP contribution in [0.25, 0.3) is 16.7 Å². The normalized spacial score (nSPS) is 12.5. The Bertz CT molecular complexity index is 1700. The van der Waals surface area contributed by atoms with E-state index in [0.29, 0.717) is 49.2 Å². The Balaban J connectivity index is 1.55. The highest BCUT2D eigenvalue weighted by atomic mass is 32.2. The van der Waals surface area contributed by atoms with Crippen LogP contribution in [0, 0.1) is 0 Å². The Kier molecular flexibility index (Phi) is 9.78. The van der Waals surface area contributed by atoms with Gasteiger partial charge in [0.05, 0.1) is 16.4 Å². The molecule has 0 saturated carbocycles. The summed E-state index contributed by atoms with van der Waals surface area (Å²) in [4.78, 5) is 13.9. The fourth-order valence-electron chi connectivity index (χ4n) is 4.85. The molecule has 0 spiro atoms. The van der Waals surface area contributed by atoms with Gasteiger partial charge in [-0.1, -0.05) is 45.0 Å². The third kappa shape index (κ3) is 7.90. The zero-order valence-corrected chi connectivity index (χ0v) is 27.6. The highest BCUT2D eigenvalue weighted by Crippen LogP contribution is 2.37. The van der Waals surface area contributed by atoms with Gasteiger partial charge in [0.1, 0.15) is 22.5 Å². The van der Waals surface area contributed by atoms with E-state index < -0.39 is 18.2 Å². The van der Waals surface area contributed by atoms with E-state index in [4.69, 9.17) is 9.16 Å². The molecule has 4 rings (SSSR count). The first-order valence-corrected chi connectivity index (χ1v) is 19.1. The van der Waals surface area contributed by atoms with E-state index in [1.807, 2.05) is 39.8 Å². The van der Waals surface area contributed by atoms with Crippen molar-refractivity contribution in [3.05, 3.63) is 71.8 Å². The van der Waals surface area contributed by atoms with Gasteiger partial charge < -0.3 is 14.3 Å². The van der Waals surface area contributed by atoms with Crippen LogP contribution in [0.4, 0.5) is 0 Å². The van der Waals surface area contributed by atoms with Gasteiger partial charge in [-0.2, -0.15) is 0 Å². The summed E-state index contributed by atoms with van der Waals surface area (Å²) >= 11 is 0. The number of hydrogen-bond donors (Lipinski definition) is 1. The molecule has 1 aromatic heterocycles. The molecule has 0 bridgehead atoms. The van der Waals surface area contributed by atoms with E-state index in [-0.39, 0.29) is 26.9 Å². The van der Waals surface area contributed by atoms with Gasteiger partial charge in [-0.25, -0.2) is 8.42 Å². The number of sulfone groups is 1. The first-order valence-electron chi connectivity index (χ1n) is 14.5. The molecule has 9 nitrogen and oxygen atoms in total. The second kappa shape index (κ2) is 13.0. The molecule has 1 N–H and O–H groups in total. The van der Waals surface area contributed by atoms with Crippen molar-refractivity contribution in [1.29, 1.82) is 0 Å². The van der Waals surface area contributed by atoms with Gasteiger partial charge in [0.15, 0.2) is 8.32 Å². The van der Waals surface area contributed by atoms with Crippen LogP contribution in [0.3, 0.4) is 0 Å². The van der Waals surface area contributed by atoms with Crippen molar-refractivity contribution >= 4 is 35.2 Å². The molecule has 11 heteroatoms. The van der Waals surface area contributed by atoms with E-state index >= 15 is 0 Å². The summed E-state index contributed by atoms with van der Waals surface area (Å²) in [6.07, 6.45) is 1.58. The smallest absolute Gasteiger partial charge is 0.305 e. The number of aromatic hydroxyl groups is 1. The number of phenolic OH excluding ortho intramolecular Hbond substituents is 1. The molecule has 0 unspecified atom stereocenters. The molecular weight excluding hydrogens is 583 g/mol. The lowest BCUT2D eigenvalue weighted by molar-refractivity contribution is -0.143. The number of carbonyl (C=O) groups excluding carboxylic acids is 1. The van der Waals surface area contributed by atoms with Crippen LogP contribution in [0.2, 0.25) is 19.1 Å². The summed E-state index contributed by atoms with van der Waals surface area (Å²) in [5.74, 6) is -0.163. The standard InChI is InChI=1S/C32H41N3O6SSi/c1-7-41-43(5,6)19-17-30(36)40-18-11-12-23-20-26(32(2,3)4)31(37)29(21-23)35-33-27-16-15-25(22-28(27)34-35)42(38,39)24-13-9-8-10-14-24/h8-10,13-16,20-22,37H,7,11-12,17-19H2,1-6H3. The number of esters is 1. The summed E-state index contributed by atoms with van der Waals surface area (Å²) in [5, 5.41) is 20.4. The molecule has 230 valence electrons. The van der Waals surface area contributed by atoms with Crippen LogP contribution >= 0.6 is 0 Å². The van der Waals surface area contributed by atoms with Crippen LogP contribution in [0.5, 0.6) is 5.75 Å². The highest BCUT2D eigenvalue weighted by Gasteiger charge is 2.25. The minimum absolute atomic E-state index is 0.0567. The van der Waals surface area contributed by atoms with Crippen molar-refractivity contribution in [2.75, 3.05) is 13.2 Å². The molecule has 4 aromatic rings. The topological polar surface area (TPSA) is 121 Å². The number of fused-ring (bicyclic) bond motifs is 1. The minimum atomic E-state index is -3.73. The molecule has 0 aliphatic rings. The van der Waals surface area contributed by atoms with E-state index in [9.17, 15) is 18.3 Å². The Morgan fingerprint density at radius 3 is 2.35 bits per heavy atom. The third-order valence-electron chi connectivity index (χ3n) is 7.23. The van der Waals surface area contributed by atoms with Gasteiger partial charge in [0, 0.05) is 18.6 Å². The van der Waals surface area contributed by atoms with Crippen LogP contribution in [0.15, 0.2) is 70.5 Å². The average Bonchev–Trinajstić information content (AvgIpc) is 3.38. The van der Waals surface area contributed by atoms with Crippen molar-refractivity contribution in [2.24, 2.45) is 0 Å². The molecule has 0 radical (unpaired) electrons. The first kappa shape index (κ1) is 32.4. The van der Waals surface area contributed by atoms with Gasteiger partial charge >= 0.3 is 5.97 Å². The summed E-state index contributed by atoms with van der Waals surface area (Å²) in [6.45, 7) is 13.1.